The van der Waals surface area contributed by atoms with Gasteiger partial charge in [-0.15, -0.1) is 11.3 Å². The minimum atomic E-state index is 1.02. The number of ether oxygens (including phenoxy) is 1. The van der Waals surface area contributed by atoms with Gasteiger partial charge in [0.25, 0.3) is 0 Å². The lowest BCUT2D eigenvalue weighted by Gasteiger charge is -2.04. The van der Waals surface area contributed by atoms with Gasteiger partial charge in [-0.2, -0.15) is 0 Å². The Morgan fingerprint density at radius 2 is 2.08 bits per heavy atom. The molecule has 62 valence electrons. The molecular formula is C10H10OS. The second-order valence-corrected chi connectivity index (χ2v) is 3.67. The SMILES string of the molecule is COc1c(C)ccc2ccsc12. The molecule has 0 saturated heterocycles. The molecule has 0 atom stereocenters. The Morgan fingerprint density at radius 3 is 2.83 bits per heavy atom. The van der Waals surface area contributed by atoms with E-state index in [0.29, 0.717) is 0 Å². The molecular weight excluding hydrogens is 168 g/mol. The Morgan fingerprint density at radius 1 is 1.25 bits per heavy atom. The lowest BCUT2D eigenvalue weighted by atomic mass is 10.2. The second kappa shape index (κ2) is 2.79. The third-order valence-electron chi connectivity index (χ3n) is 1.98. The molecule has 0 saturated carbocycles. The predicted octanol–water partition coefficient (Wildman–Crippen LogP) is 3.22. The smallest absolute Gasteiger partial charge is 0.139 e. The van der Waals surface area contributed by atoms with Crippen molar-refractivity contribution in [2.24, 2.45) is 0 Å². The van der Waals surface area contributed by atoms with Crippen molar-refractivity contribution in [3.63, 3.8) is 0 Å². The van der Waals surface area contributed by atoms with Gasteiger partial charge >= 0.3 is 0 Å². The van der Waals surface area contributed by atoms with E-state index in [4.69, 9.17) is 4.74 Å². The monoisotopic (exact) mass is 178 g/mol. The molecule has 0 amide bonds. The van der Waals surface area contributed by atoms with Crippen molar-refractivity contribution in [1.29, 1.82) is 0 Å². The zero-order valence-corrected chi connectivity index (χ0v) is 7.94. The van der Waals surface area contributed by atoms with Gasteiger partial charge < -0.3 is 4.74 Å². The van der Waals surface area contributed by atoms with Crippen LogP contribution in [0.2, 0.25) is 0 Å². The normalized spacial score (nSPS) is 10.5. The third-order valence-corrected chi connectivity index (χ3v) is 2.91. The molecule has 2 rings (SSSR count). The largest absolute Gasteiger partial charge is 0.495 e. The molecule has 0 fully saturated rings. The number of thiophene rings is 1. The minimum Gasteiger partial charge on any atom is -0.495 e. The van der Waals surface area contributed by atoms with Crippen molar-refractivity contribution in [2.45, 2.75) is 6.92 Å². The molecule has 2 aromatic rings. The first-order valence-electron chi connectivity index (χ1n) is 3.83. The van der Waals surface area contributed by atoms with Crippen LogP contribution in [-0.2, 0) is 0 Å². The first-order chi connectivity index (χ1) is 5.83. The van der Waals surface area contributed by atoms with Crippen molar-refractivity contribution in [3.8, 4) is 5.75 Å². The van der Waals surface area contributed by atoms with E-state index < -0.39 is 0 Å². The lowest BCUT2D eigenvalue weighted by molar-refractivity contribution is 0.417. The van der Waals surface area contributed by atoms with Gasteiger partial charge in [0, 0.05) is 0 Å². The number of aryl methyl sites for hydroxylation is 1. The van der Waals surface area contributed by atoms with E-state index in [2.05, 4.69) is 30.5 Å². The summed E-state index contributed by atoms with van der Waals surface area (Å²) in [4.78, 5) is 0. The number of benzene rings is 1. The maximum absolute atomic E-state index is 5.33. The summed E-state index contributed by atoms with van der Waals surface area (Å²) in [6.07, 6.45) is 0. The van der Waals surface area contributed by atoms with E-state index in [9.17, 15) is 0 Å². The van der Waals surface area contributed by atoms with Gasteiger partial charge in [0.1, 0.15) is 5.75 Å². The molecule has 0 aliphatic rings. The first-order valence-corrected chi connectivity index (χ1v) is 4.71. The van der Waals surface area contributed by atoms with Crippen LogP contribution in [0.3, 0.4) is 0 Å². The van der Waals surface area contributed by atoms with Crippen LogP contribution in [0.4, 0.5) is 0 Å². The number of methoxy groups -OCH3 is 1. The number of rotatable bonds is 1. The summed E-state index contributed by atoms with van der Waals surface area (Å²) in [6.45, 7) is 2.07. The van der Waals surface area contributed by atoms with Gasteiger partial charge in [-0.05, 0) is 29.3 Å². The van der Waals surface area contributed by atoms with E-state index in [1.807, 2.05) is 0 Å². The average Bonchev–Trinajstić information content (AvgIpc) is 2.52. The van der Waals surface area contributed by atoms with Crippen molar-refractivity contribution >= 4 is 21.4 Å². The Balaban J connectivity index is 2.83. The van der Waals surface area contributed by atoms with E-state index in [1.54, 1.807) is 18.4 Å². The van der Waals surface area contributed by atoms with Crippen LogP contribution in [0, 0.1) is 6.92 Å². The molecule has 0 aliphatic heterocycles. The fourth-order valence-corrected chi connectivity index (χ4v) is 2.33. The molecule has 12 heavy (non-hydrogen) atoms. The molecule has 2 heteroatoms. The number of hydrogen-bond donors (Lipinski definition) is 0. The van der Waals surface area contributed by atoms with Crippen molar-refractivity contribution in [2.75, 3.05) is 7.11 Å². The first kappa shape index (κ1) is 7.62. The van der Waals surface area contributed by atoms with Crippen molar-refractivity contribution < 1.29 is 4.74 Å². The Labute approximate surface area is 75.6 Å². The van der Waals surface area contributed by atoms with Gasteiger partial charge in [0.2, 0.25) is 0 Å². The fraction of sp³-hybridized carbons (Fsp3) is 0.200. The highest BCUT2D eigenvalue weighted by atomic mass is 32.1. The predicted molar refractivity (Wildman–Crippen MR) is 53.1 cm³/mol. The third kappa shape index (κ3) is 0.994. The van der Waals surface area contributed by atoms with Crippen molar-refractivity contribution in [1.82, 2.24) is 0 Å². The number of hydrogen-bond acceptors (Lipinski definition) is 2. The quantitative estimate of drug-likeness (QED) is 0.651. The van der Waals surface area contributed by atoms with Gasteiger partial charge in [-0.1, -0.05) is 12.1 Å². The van der Waals surface area contributed by atoms with Crippen LogP contribution < -0.4 is 4.74 Å². The molecule has 0 N–H and O–H groups in total. The Kier molecular flexibility index (Phi) is 1.77. The standard InChI is InChI=1S/C10H10OS/c1-7-3-4-8-5-6-12-10(8)9(7)11-2/h3-6H,1-2H3. The van der Waals surface area contributed by atoms with E-state index in [0.717, 1.165) is 5.75 Å². The zero-order valence-electron chi connectivity index (χ0n) is 7.13. The zero-order chi connectivity index (χ0) is 8.55. The molecule has 0 unspecified atom stereocenters. The summed E-state index contributed by atoms with van der Waals surface area (Å²) in [5.41, 5.74) is 1.20. The molecule has 0 radical (unpaired) electrons. The molecule has 1 nitrogen and oxygen atoms in total. The van der Waals surface area contributed by atoms with E-state index >= 15 is 0 Å². The molecule has 1 aromatic carbocycles. The lowest BCUT2D eigenvalue weighted by Crippen LogP contribution is -1.85. The highest BCUT2D eigenvalue weighted by molar-refractivity contribution is 7.17. The van der Waals surface area contributed by atoms with Gasteiger partial charge in [0.05, 0.1) is 11.8 Å². The van der Waals surface area contributed by atoms with Crippen LogP contribution in [0.5, 0.6) is 5.75 Å². The van der Waals surface area contributed by atoms with Gasteiger partial charge in [0.15, 0.2) is 0 Å². The summed E-state index contributed by atoms with van der Waals surface area (Å²) in [5, 5.41) is 3.36. The fourth-order valence-electron chi connectivity index (χ4n) is 1.36. The molecule has 0 aliphatic carbocycles. The topological polar surface area (TPSA) is 9.23 Å². The summed E-state index contributed by atoms with van der Waals surface area (Å²) in [7, 11) is 1.72. The van der Waals surface area contributed by atoms with Crippen LogP contribution in [0.25, 0.3) is 10.1 Å². The van der Waals surface area contributed by atoms with E-state index in [1.165, 1.54) is 15.6 Å². The number of fused-ring (bicyclic) bond motifs is 1. The summed E-state index contributed by atoms with van der Waals surface area (Å²) < 4.78 is 6.57. The Bertz CT molecular complexity index is 403. The second-order valence-electron chi connectivity index (χ2n) is 2.75. The van der Waals surface area contributed by atoms with Crippen LogP contribution in [-0.4, -0.2) is 7.11 Å². The summed E-state index contributed by atoms with van der Waals surface area (Å²) in [6, 6.07) is 6.33. The van der Waals surface area contributed by atoms with Crippen LogP contribution in [0.15, 0.2) is 23.6 Å². The molecule has 1 heterocycles. The minimum absolute atomic E-state index is 1.02. The molecule has 0 bridgehead atoms. The van der Waals surface area contributed by atoms with Crippen LogP contribution in [0.1, 0.15) is 5.56 Å². The molecule has 1 aromatic heterocycles. The van der Waals surface area contributed by atoms with Crippen LogP contribution >= 0.6 is 11.3 Å². The maximum atomic E-state index is 5.33. The average molecular weight is 178 g/mol. The van der Waals surface area contributed by atoms with Crippen molar-refractivity contribution in [3.05, 3.63) is 29.1 Å². The summed E-state index contributed by atoms with van der Waals surface area (Å²) >= 11 is 1.73. The maximum Gasteiger partial charge on any atom is 0.139 e. The van der Waals surface area contributed by atoms with Gasteiger partial charge in [-0.3, -0.25) is 0 Å². The Hall–Kier alpha value is -1.02. The highest BCUT2D eigenvalue weighted by Crippen LogP contribution is 2.33. The molecule has 0 spiro atoms. The summed E-state index contributed by atoms with van der Waals surface area (Å²) in [5.74, 6) is 1.02. The highest BCUT2D eigenvalue weighted by Gasteiger charge is 2.04. The van der Waals surface area contributed by atoms with E-state index in [-0.39, 0.29) is 0 Å². The van der Waals surface area contributed by atoms with Gasteiger partial charge in [-0.25, -0.2) is 0 Å².